The zero-order chi connectivity index (χ0) is 15.1. The smallest absolute Gasteiger partial charge is 0.135 e. The Kier molecular flexibility index (Phi) is 6.23. The third kappa shape index (κ3) is 4.56. The van der Waals surface area contributed by atoms with Crippen LogP contribution in [-0.2, 0) is 22.6 Å². The van der Waals surface area contributed by atoms with Gasteiger partial charge in [0.25, 0.3) is 0 Å². The molecule has 0 amide bonds. The van der Waals surface area contributed by atoms with Crippen molar-refractivity contribution in [2.45, 2.75) is 40.0 Å². The summed E-state index contributed by atoms with van der Waals surface area (Å²) in [6.45, 7) is 9.46. The third-order valence-corrected chi connectivity index (χ3v) is 3.28. The van der Waals surface area contributed by atoms with Crippen LogP contribution in [0.5, 0.6) is 0 Å². The second-order valence-electron chi connectivity index (χ2n) is 5.29. The van der Waals surface area contributed by atoms with Crippen molar-refractivity contribution in [3.63, 3.8) is 0 Å². The standard InChI is InChI=1S/C17H25NO3/c1-4-19-9-10-20-12-17-15(11-18-13(2)3)14-7-5-6-8-16(14)21-17/h5-8,13,18H,4,9-12H2,1-3H3. The van der Waals surface area contributed by atoms with E-state index in [2.05, 4.69) is 25.2 Å². The molecule has 2 aromatic rings. The summed E-state index contributed by atoms with van der Waals surface area (Å²) in [7, 11) is 0. The highest BCUT2D eigenvalue weighted by atomic mass is 16.5. The van der Waals surface area contributed by atoms with E-state index in [0.717, 1.165) is 29.9 Å². The van der Waals surface area contributed by atoms with Gasteiger partial charge < -0.3 is 19.2 Å². The van der Waals surface area contributed by atoms with Crippen LogP contribution in [0.1, 0.15) is 32.1 Å². The molecular formula is C17H25NO3. The molecule has 0 saturated heterocycles. The van der Waals surface area contributed by atoms with Crippen LogP contribution in [0.2, 0.25) is 0 Å². The van der Waals surface area contributed by atoms with Crippen LogP contribution >= 0.6 is 0 Å². The first-order valence-electron chi connectivity index (χ1n) is 7.60. The molecule has 2 rings (SSSR count). The first-order chi connectivity index (χ1) is 10.2. The molecular weight excluding hydrogens is 266 g/mol. The van der Waals surface area contributed by atoms with Gasteiger partial charge in [0, 0.05) is 30.1 Å². The number of rotatable bonds is 9. The molecule has 1 aromatic heterocycles. The summed E-state index contributed by atoms with van der Waals surface area (Å²) in [5, 5.41) is 4.61. The highest BCUT2D eigenvalue weighted by Crippen LogP contribution is 2.26. The van der Waals surface area contributed by atoms with E-state index in [-0.39, 0.29) is 0 Å². The zero-order valence-corrected chi connectivity index (χ0v) is 13.1. The largest absolute Gasteiger partial charge is 0.458 e. The summed E-state index contributed by atoms with van der Waals surface area (Å²) >= 11 is 0. The topological polar surface area (TPSA) is 43.6 Å². The van der Waals surface area contributed by atoms with Crippen molar-refractivity contribution < 1.29 is 13.9 Å². The summed E-state index contributed by atoms with van der Waals surface area (Å²) in [4.78, 5) is 0. The normalized spacial score (nSPS) is 11.6. The van der Waals surface area contributed by atoms with Gasteiger partial charge >= 0.3 is 0 Å². The number of fused-ring (bicyclic) bond motifs is 1. The minimum Gasteiger partial charge on any atom is -0.458 e. The Morgan fingerprint density at radius 3 is 2.67 bits per heavy atom. The van der Waals surface area contributed by atoms with Gasteiger partial charge in [-0.3, -0.25) is 0 Å². The molecule has 21 heavy (non-hydrogen) atoms. The van der Waals surface area contributed by atoms with E-state index >= 15 is 0 Å². The van der Waals surface area contributed by atoms with Crippen LogP contribution in [-0.4, -0.2) is 25.9 Å². The van der Waals surface area contributed by atoms with E-state index in [1.165, 1.54) is 5.56 Å². The van der Waals surface area contributed by atoms with Gasteiger partial charge in [-0.2, -0.15) is 0 Å². The van der Waals surface area contributed by atoms with Crippen LogP contribution in [0.3, 0.4) is 0 Å². The van der Waals surface area contributed by atoms with E-state index in [4.69, 9.17) is 13.9 Å². The van der Waals surface area contributed by atoms with Crippen molar-refractivity contribution in [2.24, 2.45) is 0 Å². The first kappa shape index (κ1) is 16.0. The molecule has 0 atom stereocenters. The van der Waals surface area contributed by atoms with Gasteiger partial charge in [-0.05, 0) is 13.0 Å². The molecule has 4 nitrogen and oxygen atoms in total. The minimum atomic E-state index is 0.436. The quantitative estimate of drug-likeness (QED) is 0.718. The van der Waals surface area contributed by atoms with Gasteiger partial charge in [0.1, 0.15) is 18.0 Å². The number of hydrogen-bond donors (Lipinski definition) is 1. The lowest BCUT2D eigenvalue weighted by Gasteiger charge is -2.09. The Morgan fingerprint density at radius 1 is 1.14 bits per heavy atom. The molecule has 0 bridgehead atoms. The fourth-order valence-corrected chi connectivity index (χ4v) is 2.19. The van der Waals surface area contributed by atoms with Gasteiger partial charge in [0.15, 0.2) is 0 Å². The monoisotopic (exact) mass is 291 g/mol. The number of benzene rings is 1. The molecule has 116 valence electrons. The van der Waals surface area contributed by atoms with Gasteiger partial charge in [-0.15, -0.1) is 0 Å². The molecule has 0 aliphatic rings. The van der Waals surface area contributed by atoms with E-state index in [1.807, 2.05) is 25.1 Å². The van der Waals surface area contributed by atoms with Crippen molar-refractivity contribution in [3.05, 3.63) is 35.6 Å². The predicted molar refractivity (Wildman–Crippen MR) is 84.3 cm³/mol. The van der Waals surface area contributed by atoms with Crippen molar-refractivity contribution in [2.75, 3.05) is 19.8 Å². The Labute approximate surface area is 126 Å². The minimum absolute atomic E-state index is 0.436. The van der Waals surface area contributed by atoms with Crippen LogP contribution in [0, 0.1) is 0 Å². The maximum atomic E-state index is 5.93. The lowest BCUT2D eigenvalue weighted by Crippen LogP contribution is -2.22. The fraction of sp³-hybridized carbons (Fsp3) is 0.529. The molecule has 0 unspecified atom stereocenters. The summed E-state index contributed by atoms with van der Waals surface area (Å²) < 4.78 is 16.9. The molecule has 0 aliphatic carbocycles. The van der Waals surface area contributed by atoms with E-state index in [0.29, 0.717) is 25.9 Å². The lowest BCUT2D eigenvalue weighted by atomic mass is 10.1. The van der Waals surface area contributed by atoms with Gasteiger partial charge in [-0.25, -0.2) is 0 Å². The summed E-state index contributed by atoms with van der Waals surface area (Å²) in [5.74, 6) is 0.904. The van der Waals surface area contributed by atoms with Crippen molar-refractivity contribution in [3.8, 4) is 0 Å². The van der Waals surface area contributed by atoms with E-state index in [9.17, 15) is 0 Å². The molecule has 0 saturated carbocycles. The predicted octanol–water partition coefficient (Wildman–Crippen LogP) is 3.48. The van der Waals surface area contributed by atoms with Crippen molar-refractivity contribution in [1.82, 2.24) is 5.32 Å². The molecule has 1 heterocycles. The fourth-order valence-electron chi connectivity index (χ4n) is 2.19. The molecule has 0 spiro atoms. The highest BCUT2D eigenvalue weighted by Gasteiger charge is 2.14. The molecule has 0 radical (unpaired) electrons. The van der Waals surface area contributed by atoms with Crippen LogP contribution < -0.4 is 5.32 Å². The molecule has 1 aromatic carbocycles. The average molecular weight is 291 g/mol. The Morgan fingerprint density at radius 2 is 1.90 bits per heavy atom. The summed E-state index contributed by atoms with van der Waals surface area (Å²) in [6, 6.07) is 8.56. The Hall–Kier alpha value is -1.36. The Balaban J connectivity index is 2.07. The molecule has 0 aliphatic heterocycles. The van der Waals surface area contributed by atoms with Crippen molar-refractivity contribution in [1.29, 1.82) is 0 Å². The number of ether oxygens (including phenoxy) is 2. The molecule has 0 fully saturated rings. The first-order valence-corrected chi connectivity index (χ1v) is 7.60. The lowest BCUT2D eigenvalue weighted by molar-refractivity contribution is 0.0391. The van der Waals surface area contributed by atoms with Crippen molar-refractivity contribution >= 4 is 11.0 Å². The SMILES string of the molecule is CCOCCOCc1oc2ccccc2c1CNC(C)C. The summed E-state index contributed by atoms with van der Waals surface area (Å²) in [6.07, 6.45) is 0. The van der Waals surface area contributed by atoms with Gasteiger partial charge in [-0.1, -0.05) is 32.0 Å². The zero-order valence-electron chi connectivity index (χ0n) is 13.1. The number of hydrogen-bond acceptors (Lipinski definition) is 4. The van der Waals surface area contributed by atoms with Crippen LogP contribution in [0.25, 0.3) is 11.0 Å². The Bertz CT molecular complexity index is 548. The molecule has 4 heteroatoms. The maximum absolute atomic E-state index is 5.93. The number of furan rings is 1. The van der Waals surface area contributed by atoms with E-state index < -0.39 is 0 Å². The van der Waals surface area contributed by atoms with Crippen LogP contribution in [0.4, 0.5) is 0 Å². The second-order valence-corrected chi connectivity index (χ2v) is 5.29. The summed E-state index contributed by atoms with van der Waals surface area (Å²) in [5.41, 5.74) is 2.11. The average Bonchev–Trinajstić information content (AvgIpc) is 2.82. The third-order valence-electron chi connectivity index (χ3n) is 3.28. The van der Waals surface area contributed by atoms with Gasteiger partial charge in [0.05, 0.1) is 13.2 Å². The number of para-hydroxylation sites is 1. The highest BCUT2D eigenvalue weighted by molar-refractivity contribution is 5.82. The molecule has 1 N–H and O–H groups in total. The second kappa shape index (κ2) is 8.17. The van der Waals surface area contributed by atoms with E-state index in [1.54, 1.807) is 0 Å². The number of nitrogens with one attached hydrogen (secondary N) is 1. The van der Waals surface area contributed by atoms with Gasteiger partial charge in [0.2, 0.25) is 0 Å². The maximum Gasteiger partial charge on any atom is 0.135 e. The van der Waals surface area contributed by atoms with Crippen LogP contribution in [0.15, 0.2) is 28.7 Å².